The largest absolute Gasteiger partial charge is 0.398 e. The second-order valence-corrected chi connectivity index (χ2v) is 4.24. The summed E-state index contributed by atoms with van der Waals surface area (Å²) in [6, 6.07) is 5.88. The van der Waals surface area contributed by atoms with Gasteiger partial charge in [0.05, 0.1) is 0 Å². The third kappa shape index (κ3) is 2.91. The molecule has 0 aliphatic carbocycles. The maximum atomic E-state index is 12.4. The first kappa shape index (κ1) is 11.8. The van der Waals surface area contributed by atoms with E-state index in [-0.39, 0.29) is 5.56 Å². The first-order valence-electron chi connectivity index (χ1n) is 4.79. The molecule has 2 N–H and O–H groups in total. The van der Waals surface area contributed by atoms with Gasteiger partial charge in [0.1, 0.15) is 0 Å². The van der Waals surface area contributed by atoms with Crippen molar-refractivity contribution in [2.75, 3.05) is 5.73 Å². The smallest absolute Gasteiger partial charge is 0.263 e. The minimum Gasteiger partial charge on any atom is -0.398 e. The molecule has 3 nitrogen and oxygen atoms in total. The highest BCUT2D eigenvalue weighted by atomic mass is 32.2. The number of halogens is 2. The molecule has 0 radical (unpaired) electrons. The second-order valence-electron chi connectivity index (χ2n) is 3.23. The molecule has 0 saturated carbocycles. The minimum absolute atomic E-state index is 0.0826. The van der Waals surface area contributed by atoms with E-state index in [1.165, 1.54) is 23.9 Å². The number of aromatic nitrogens is 2. The summed E-state index contributed by atoms with van der Waals surface area (Å²) in [5, 5.41) is 0.531. The standard InChI is InChI=1S/C11H9F2N3S/c12-10(13)7-2-3-9(8(14)6-7)17-11-15-4-1-5-16-11/h1-6,10H,14H2. The molecule has 17 heavy (non-hydrogen) atoms. The molecule has 1 heterocycles. The Balaban J connectivity index is 2.23. The summed E-state index contributed by atoms with van der Waals surface area (Å²) < 4.78 is 24.8. The van der Waals surface area contributed by atoms with Gasteiger partial charge in [-0.2, -0.15) is 0 Å². The second kappa shape index (κ2) is 5.09. The normalized spacial score (nSPS) is 10.8. The Morgan fingerprint density at radius 2 is 1.88 bits per heavy atom. The number of anilines is 1. The van der Waals surface area contributed by atoms with Crippen molar-refractivity contribution in [1.29, 1.82) is 0 Å². The van der Waals surface area contributed by atoms with Crippen LogP contribution in [0.3, 0.4) is 0 Å². The van der Waals surface area contributed by atoms with Gasteiger partial charge in [0.15, 0.2) is 5.16 Å². The zero-order valence-corrected chi connectivity index (χ0v) is 9.49. The van der Waals surface area contributed by atoms with Gasteiger partial charge < -0.3 is 5.73 Å². The number of benzene rings is 1. The van der Waals surface area contributed by atoms with E-state index in [4.69, 9.17) is 5.73 Å². The van der Waals surface area contributed by atoms with Crippen molar-refractivity contribution in [3.63, 3.8) is 0 Å². The van der Waals surface area contributed by atoms with Crippen molar-refractivity contribution in [2.24, 2.45) is 0 Å². The SMILES string of the molecule is Nc1cc(C(F)F)ccc1Sc1ncccn1. The van der Waals surface area contributed by atoms with Gasteiger partial charge in [-0.3, -0.25) is 0 Å². The van der Waals surface area contributed by atoms with Gasteiger partial charge in [-0.1, -0.05) is 6.07 Å². The Morgan fingerprint density at radius 3 is 2.47 bits per heavy atom. The van der Waals surface area contributed by atoms with Gasteiger partial charge >= 0.3 is 0 Å². The lowest BCUT2D eigenvalue weighted by Crippen LogP contribution is -1.93. The van der Waals surface area contributed by atoms with Crippen LogP contribution in [0.15, 0.2) is 46.7 Å². The van der Waals surface area contributed by atoms with E-state index in [0.29, 0.717) is 15.7 Å². The molecule has 0 unspecified atom stereocenters. The third-order valence-corrected chi connectivity index (χ3v) is 3.01. The van der Waals surface area contributed by atoms with Gasteiger partial charge in [-0.05, 0) is 30.0 Å². The molecule has 0 fully saturated rings. The summed E-state index contributed by atoms with van der Waals surface area (Å²) in [6.07, 6.45) is 0.710. The van der Waals surface area contributed by atoms with E-state index in [1.807, 2.05) is 0 Å². The molecular formula is C11H9F2N3S. The molecule has 1 aromatic carbocycles. The van der Waals surface area contributed by atoms with Crippen molar-refractivity contribution in [1.82, 2.24) is 9.97 Å². The lowest BCUT2D eigenvalue weighted by atomic mass is 10.2. The molecule has 2 rings (SSSR count). The summed E-state index contributed by atoms with van der Waals surface area (Å²) in [4.78, 5) is 8.71. The van der Waals surface area contributed by atoms with Crippen molar-refractivity contribution < 1.29 is 8.78 Å². The summed E-state index contributed by atoms with van der Waals surface area (Å²) >= 11 is 1.24. The molecule has 0 saturated heterocycles. The molecule has 0 aliphatic rings. The molecule has 88 valence electrons. The molecule has 0 aliphatic heterocycles. The summed E-state index contributed by atoms with van der Waals surface area (Å²) in [6.45, 7) is 0. The van der Waals surface area contributed by atoms with Crippen LogP contribution in [0.4, 0.5) is 14.5 Å². The quantitative estimate of drug-likeness (QED) is 0.674. The van der Waals surface area contributed by atoms with Crippen LogP contribution in [0.1, 0.15) is 12.0 Å². The number of nitrogens with two attached hydrogens (primary N) is 1. The fourth-order valence-corrected chi connectivity index (χ4v) is 1.97. The highest BCUT2D eigenvalue weighted by Gasteiger charge is 2.10. The predicted octanol–water partition coefficient (Wildman–Crippen LogP) is 3.15. The Bertz CT molecular complexity index is 505. The Kier molecular flexibility index (Phi) is 3.53. The zero-order valence-electron chi connectivity index (χ0n) is 8.68. The zero-order chi connectivity index (χ0) is 12.3. The molecular weight excluding hydrogens is 244 g/mol. The summed E-state index contributed by atoms with van der Waals surface area (Å²) in [5.74, 6) is 0. The summed E-state index contributed by atoms with van der Waals surface area (Å²) in [5.41, 5.74) is 5.92. The maximum Gasteiger partial charge on any atom is 0.263 e. The molecule has 0 spiro atoms. The predicted molar refractivity (Wildman–Crippen MR) is 62.0 cm³/mol. The van der Waals surface area contributed by atoms with Crippen LogP contribution in [0.25, 0.3) is 0 Å². The number of hydrogen-bond donors (Lipinski definition) is 1. The van der Waals surface area contributed by atoms with Crippen molar-refractivity contribution >= 4 is 17.4 Å². The number of rotatable bonds is 3. The fraction of sp³-hybridized carbons (Fsp3) is 0.0909. The molecule has 0 atom stereocenters. The molecule has 0 bridgehead atoms. The van der Waals surface area contributed by atoms with E-state index in [0.717, 1.165) is 0 Å². The van der Waals surface area contributed by atoms with Crippen LogP contribution in [-0.4, -0.2) is 9.97 Å². The summed E-state index contributed by atoms with van der Waals surface area (Å²) in [7, 11) is 0. The van der Waals surface area contributed by atoms with Gasteiger partial charge in [0, 0.05) is 28.5 Å². The number of hydrogen-bond acceptors (Lipinski definition) is 4. The van der Waals surface area contributed by atoms with E-state index in [1.54, 1.807) is 24.5 Å². The van der Waals surface area contributed by atoms with Crippen LogP contribution in [-0.2, 0) is 0 Å². The average Bonchev–Trinajstić information content (AvgIpc) is 2.33. The van der Waals surface area contributed by atoms with Crippen molar-refractivity contribution in [3.05, 3.63) is 42.2 Å². The van der Waals surface area contributed by atoms with Crippen LogP contribution in [0.2, 0.25) is 0 Å². The maximum absolute atomic E-state index is 12.4. The lowest BCUT2D eigenvalue weighted by molar-refractivity contribution is 0.151. The molecule has 2 aromatic rings. The van der Waals surface area contributed by atoms with E-state index in [9.17, 15) is 8.78 Å². The number of alkyl halides is 2. The van der Waals surface area contributed by atoms with Gasteiger partial charge in [-0.25, -0.2) is 18.7 Å². The Morgan fingerprint density at radius 1 is 1.18 bits per heavy atom. The molecule has 0 amide bonds. The van der Waals surface area contributed by atoms with Crippen LogP contribution >= 0.6 is 11.8 Å². The van der Waals surface area contributed by atoms with Crippen LogP contribution in [0, 0.1) is 0 Å². The topological polar surface area (TPSA) is 51.8 Å². The highest BCUT2D eigenvalue weighted by Crippen LogP contribution is 2.32. The van der Waals surface area contributed by atoms with Crippen molar-refractivity contribution in [2.45, 2.75) is 16.5 Å². The Labute approximate surface area is 101 Å². The van der Waals surface area contributed by atoms with Crippen molar-refractivity contribution in [3.8, 4) is 0 Å². The van der Waals surface area contributed by atoms with Gasteiger partial charge in [0.2, 0.25) is 0 Å². The van der Waals surface area contributed by atoms with E-state index >= 15 is 0 Å². The monoisotopic (exact) mass is 253 g/mol. The Hall–Kier alpha value is -1.69. The van der Waals surface area contributed by atoms with E-state index < -0.39 is 6.43 Å². The lowest BCUT2D eigenvalue weighted by Gasteiger charge is -2.06. The van der Waals surface area contributed by atoms with Crippen LogP contribution in [0.5, 0.6) is 0 Å². The molecule has 1 aromatic heterocycles. The third-order valence-electron chi connectivity index (χ3n) is 2.03. The molecule has 6 heteroatoms. The number of nitrogens with zero attached hydrogens (tertiary/aromatic N) is 2. The minimum atomic E-state index is -2.51. The van der Waals surface area contributed by atoms with Gasteiger partial charge in [-0.15, -0.1) is 0 Å². The van der Waals surface area contributed by atoms with Gasteiger partial charge in [0.25, 0.3) is 6.43 Å². The average molecular weight is 253 g/mol. The van der Waals surface area contributed by atoms with E-state index in [2.05, 4.69) is 9.97 Å². The first-order chi connectivity index (χ1) is 8.16. The highest BCUT2D eigenvalue weighted by molar-refractivity contribution is 7.99. The van der Waals surface area contributed by atoms with Crippen LogP contribution < -0.4 is 5.73 Å². The first-order valence-corrected chi connectivity index (χ1v) is 5.61. The fourth-order valence-electron chi connectivity index (χ4n) is 1.23. The number of nitrogen functional groups attached to an aromatic ring is 1.